The van der Waals surface area contributed by atoms with Gasteiger partial charge < -0.3 is 0 Å². The second-order valence-corrected chi connectivity index (χ2v) is 4.41. The first kappa shape index (κ1) is 12.4. The zero-order valence-corrected chi connectivity index (χ0v) is 10.5. The molecule has 2 heterocycles. The third-order valence-electron chi connectivity index (χ3n) is 3.08. The van der Waals surface area contributed by atoms with E-state index in [0.717, 1.165) is 6.20 Å². The van der Waals surface area contributed by atoms with Crippen LogP contribution in [0.4, 0.5) is 14.6 Å². The fourth-order valence-corrected chi connectivity index (χ4v) is 2.08. The second kappa shape index (κ2) is 4.48. The van der Waals surface area contributed by atoms with E-state index in [1.54, 1.807) is 13.0 Å². The molecule has 0 saturated carbocycles. The smallest absolute Gasteiger partial charge is 0.209 e. The molecule has 0 N–H and O–H groups in total. The van der Waals surface area contributed by atoms with Crippen LogP contribution >= 0.6 is 0 Å². The third-order valence-corrected chi connectivity index (χ3v) is 3.08. The average Bonchev–Trinajstić information content (AvgIpc) is 2.79. The lowest BCUT2D eigenvalue weighted by atomic mass is 10.1. The topological polar surface area (TPSA) is 46.7 Å². The van der Waals surface area contributed by atoms with Gasteiger partial charge in [-0.15, -0.1) is 4.91 Å². The van der Waals surface area contributed by atoms with Gasteiger partial charge in [-0.1, -0.05) is 0 Å². The summed E-state index contributed by atoms with van der Waals surface area (Å²) in [6.45, 7) is 1.61. The fourth-order valence-electron chi connectivity index (χ4n) is 2.08. The number of hydrogen-bond acceptors (Lipinski definition) is 3. The van der Waals surface area contributed by atoms with Crippen molar-refractivity contribution in [2.45, 2.75) is 6.92 Å². The summed E-state index contributed by atoms with van der Waals surface area (Å²) in [6.07, 6.45) is 1.14. The van der Waals surface area contributed by atoms with Crippen molar-refractivity contribution in [3.8, 4) is 11.3 Å². The van der Waals surface area contributed by atoms with E-state index in [0.29, 0.717) is 22.5 Å². The number of hydrogen-bond donors (Lipinski definition) is 0. The molecule has 0 aliphatic heterocycles. The van der Waals surface area contributed by atoms with E-state index in [2.05, 4.69) is 10.2 Å². The van der Waals surface area contributed by atoms with Gasteiger partial charge in [0, 0.05) is 11.8 Å². The van der Waals surface area contributed by atoms with Gasteiger partial charge in [0.15, 0.2) is 0 Å². The number of imidazole rings is 1. The molecule has 0 bridgehead atoms. The van der Waals surface area contributed by atoms with Gasteiger partial charge in [-0.3, -0.25) is 4.40 Å². The van der Waals surface area contributed by atoms with Gasteiger partial charge in [0.05, 0.1) is 0 Å². The van der Waals surface area contributed by atoms with Crippen molar-refractivity contribution in [3.63, 3.8) is 0 Å². The lowest BCUT2D eigenvalue weighted by Crippen LogP contribution is -1.86. The summed E-state index contributed by atoms with van der Waals surface area (Å²) >= 11 is 0. The molecule has 0 aliphatic carbocycles. The molecule has 100 valence electrons. The highest BCUT2D eigenvalue weighted by Crippen LogP contribution is 2.31. The number of pyridine rings is 1. The molecule has 0 spiro atoms. The number of fused-ring (bicyclic) bond motifs is 1. The number of nitroso groups, excluding NO2 is 1. The molecule has 0 radical (unpaired) electrons. The summed E-state index contributed by atoms with van der Waals surface area (Å²) in [5, 5.41) is 2.92. The highest BCUT2D eigenvalue weighted by molar-refractivity contribution is 5.74. The Morgan fingerprint density at radius 3 is 2.70 bits per heavy atom. The Morgan fingerprint density at radius 2 is 2.00 bits per heavy atom. The van der Waals surface area contributed by atoms with Gasteiger partial charge in [-0.2, -0.15) is 0 Å². The minimum absolute atomic E-state index is 0.00879. The van der Waals surface area contributed by atoms with Crippen molar-refractivity contribution in [2.75, 3.05) is 0 Å². The van der Waals surface area contributed by atoms with Crippen LogP contribution in [0.5, 0.6) is 0 Å². The Bertz CT molecular complexity index is 827. The first-order chi connectivity index (χ1) is 9.60. The van der Waals surface area contributed by atoms with Crippen LogP contribution in [0.2, 0.25) is 0 Å². The predicted molar refractivity (Wildman–Crippen MR) is 70.7 cm³/mol. The third kappa shape index (κ3) is 1.85. The van der Waals surface area contributed by atoms with Crippen molar-refractivity contribution < 1.29 is 8.78 Å². The van der Waals surface area contributed by atoms with Gasteiger partial charge in [-0.25, -0.2) is 13.8 Å². The quantitative estimate of drug-likeness (QED) is 0.663. The van der Waals surface area contributed by atoms with Crippen molar-refractivity contribution in [3.05, 3.63) is 58.6 Å². The van der Waals surface area contributed by atoms with E-state index in [9.17, 15) is 13.7 Å². The molecule has 3 rings (SSSR count). The van der Waals surface area contributed by atoms with Crippen LogP contribution in [0, 0.1) is 23.5 Å². The first-order valence-corrected chi connectivity index (χ1v) is 5.87. The molecule has 0 aliphatic rings. The Balaban J connectivity index is 2.30. The number of aryl methyl sites for hydroxylation is 1. The Morgan fingerprint density at radius 1 is 1.20 bits per heavy atom. The van der Waals surface area contributed by atoms with Crippen LogP contribution in [0.25, 0.3) is 16.9 Å². The minimum Gasteiger partial charge on any atom is -0.278 e. The molecule has 3 aromatic rings. The van der Waals surface area contributed by atoms with E-state index in [1.807, 2.05) is 0 Å². The molecule has 0 amide bonds. The van der Waals surface area contributed by atoms with Gasteiger partial charge >= 0.3 is 0 Å². The Labute approximate surface area is 112 Å². The van der Waals surface area contributed by atoms with E-state index in [1.165, 1.54) is 28.7 Å². The molecule has 6 heteroatoms. The first-order valence-electron chi connectivity index (χ1n) is 5.87. The van der Waals surface area contributed by atoms with E-state index in [-0.39, 0.29) is 11.6 Å². The molecule has 20 heavy (non-hydrogen) atoms. The Hall–Kier alpha value is -2.63. The zero-order chi connectivity index (χ0) is 14.3. The van der Waals surface area contributed by atoms with Gasteiger partial charge in [0.25, 0.3) is 0 Å². The minimum atomic E-state index is -0.498. The predicted octanol–water partition coefficient (Wildman–Crippen LogP) is 3.99. The number of aromatic nitrogens is 2. The highest BCUT2D eigenvalue weighted by atomic mass is 19.1. The van der Waals surface area contributed by atoms with E-state index in [4.69, 9.17) is 0 Å². The van der Waals surface area contributed by atoms with E-state index >= 15 is 0 Å². The summed E-state index contributed by atoms with van der Waals surface area (Å²) < 4.78 is 27.8. The molecular formula is C14H9F2N3O. The van der Waals surface area contributed by atoms with Gasteiger partial charge in [-0.05, 0) is 48.0 Å². The highest BCUT2D eigenvalue weighted by Gasteiger charge is 2.16. The Kier molecular flexibility index (Phi) is 2.78. The van der Waals surface area contributed by atoms with Gasteiger partial charge in [0.2, 0.25) is 5.82 Å². The molecule has 1 aromatic carbocycles. The second-order valence-electron chi connectivity index (χ2n) is 4.41. The summed E-state index contributed by atoms with van der Waals surface area (Å²) in [4.78, 5) is 15.3. The van der Waals surface area contributed by atoms with Crippen molar-refractivity contribution >= 4 is 11.5 Å². The average molecular weight is 273 g/mol. The van der Waals surface area contributed by atoms with Crippen molar-refractivity contribution in [2.24, 2.45) is 5.18 Å². The maximum atomic E-state index is 13.3. The number of benzene rings is 1. The maximum absolute atomic E-state index is 13.3. The van der Waals surface area contributed by atoms with E-state index < -0.39 is 5.82 Å². The monoisotopic (exact) mass is 273 g/mol. The molecule has 2 aromatic heterocycles. The van der Waals surface area contributed by atoms with Crippen LogP contribution < -0.4 is 0 Å². The van der Waals surface area contributed by atoms with Crippen LogP contribution in [-0.4, -0.2) is 9.38 Å². The van der Waals surface area contributed by atoms with Crippen LogP contribution in [0.1, 0.15) is 5.56 Å². The molecule has 0 unspecified atom stereocenters. The summed E-state index contributed by atoms with van der Waals surface area (Å²) in [7, 11) is 0. The number of nitrogens with zero attached hydrogens (tertiary/aromatic N) is 3. The SMILES string of the molecule is Cc1cc(-c2nc3ccc(F)cn3c2N=O)ccc1F. The summed E-state index contributed by atoms with van der Waals surface area (Å²) in [5.41, 5.74) is 1.69. The lowest BCUT2D eigenvalue weighted by molar-refractivity contribution is 0.618. The normalized spacial score (nSPS) is 10.9. The van der Waals surface area contributed by atoms with Crippen LogP contribution in [0.3, 0.4) is 0 Å². The van der Waals surface area contributed by atoms with Crippen LogP contribution in [0.15, 0.2) is 41.7 Å². The maximum Gasteiger partial charge on any atom is 0.209 e. The van der Waals surface area contributed by atoms with Crippen LogP contribution in [-0.2, 0) is 0 Å². The summed E-state index contributed by atoms with van der Waals surface area (Å²) in [5.74, 6) is -0.851. The van der Waals surface area contributed by atoms with Crippen molar-refractivity contribution in [1.29, 1.82) is 0 Å². The van der Waals surface area contributed by atoms with Crippen molar-refractivity contribution in [1.82, 2.24) is 9.38 Å². The zero-order valence-electron chi connectivity index (χ0n) is 10.5. The molecular weight excluding hydrogens is 264 g/mol. The largest absolute Gasteiger partial charge is 0.278 e. The molecule has 0 atom stereocenters. The molecule has 4 nitrogen and oxygen atoms in total. The number of halogens is 2. The summed E-state index contributed by atoms with van der Waals surface area (Å²) in [6, 6.07) is 7.07. The molecule has 0 saturated heterocycles. The molecule has 0 fully saturated rings. The van der Waals surface area contributed by atoms with Gasteiger partial charge in [0.1, 0.15) is 23.0 Å². The number of rotatable bonds is 2. The lowest BCUT2D eigenvalue weighted by Gasteiger charge is -2.01. The fraction of sp³-hybridized carbons (Fsp3) is 0.0714. The standard InChI is InChI=1S/C14H9F2N3O/c1-8-6-9(2-4-11(8)16)13-14(18-20)19-7-10(15)3-5-12(19)17-13/h2-7H,1H3.